The number of benzene rings is 2. The molecule has 116 valence electrons. The Bertz CT molecular complexity index is 614. The van der Waals surface area contributed by atoms with Gasteiger partial charge in [-0.2, -0.15) is 0 Å². The fourth-order valence-electron chi connectivity index (χ4n) is 3.16. The van der Waals surface area contributed by atoms with Crippen molar-refractivity contribution in [3.63, 3.8) is 0 Å². The van der Waals surface area contributed by atoms with Gasteiger partial charge in [-0.3, -0.25) is 4.90 Å². The van der Waals surface area contributed by atoms with Gasteiger partial charge in [0.25, 0.3) is 0 Å². The summed E-state index contributed by atoms with van der Waals surface area (Å²) in [5.74, 6) is 1.50. The van der Waals surface area contributed by atoms with E-state index >= 15 is 0 Å². The molecule has 2 aromatic carbocycles. The van der Waals surface area contributed by atoms with E-state index in [1.54, 1.807) is 7.11 Å². The highest BCUT2D eigenvalue weighted by atomic mass is 16.5. The van der Waals surface area contributed by atoms with Crippen LogP contribution in [0.1, 0.15) is 12.5 Å². The molecule has 0 spiro atoms. The second-order valence-electron chi connectivity index (χ2n) is 6.23. The number of hydrogen-bond acceptors (Lipinski definition) is 3. The summed E-state index contributed by atoms with van der Waals surface area (Å²) in [4.78, 5) is 2.44. The zero-order valence-corrected chi connectivity index (χ0v) is 13.3. The highest BCUT2D eigenvalue weighted by Crippen LogP contribution is 2.29. The van der Waals surface area contributed by atoms with Crippen molar-refractivity contribution in [1.29, 1.82) is 0 Å². The summed E-state index contributed by atoms with van der Waals surface area (Å²) < 4.78 is 5.44. The zero-order chi connectivity index (χ0) is 15.5. The first-order chi connectivity index (χ1) is 10.7. The van der Waals surface area contributed by atoms with Crippen molar-refractivity contribution in [3.05, 3.63) is 54.1 Å². The van der Waals surface area contributed by atoms with Crippen LogP contribution in [0.15, 0.2) is 48.5 Å². The Labute approximate surface area is 132 Å². The normalized spacial score (nSPS) is 22.0. The molecule has 0 amide bonds. The highest BCUT2D eigenvalue weighted by molar-refractivity contribution is 5.70. The molecule has 0 aliphatic carbocycles. The Morgan fingerprint density at radius 2 is 1.82 bits per heavy atom. The molecule has 1 aliphatic heterocycles. The van der Waals surface area contributed by atoms with Crippen LogP contribution in [0.25, 0.3) is 11.1 Å². The molecule has 0 bridgehead atoms. The second-order valence-corrected chi connectivity index (χ2v) is 6.23. The van der Waals surface area contributed by atoms with Crippen LogP contribution in [0.5, 0.6) is 5.75 Å². The third kappa shape index (κ3) is 3.16. The minimum atomic E-state index is 0.313. The van der Waals surface area contributed by atoms with Gasteiger partial charge in [-0.25, -0.2) is 0 Å². The van der Waals surface area contributed by atoms with Crippen molar-refractivity contribution in [2.75, 3.05) is 20.2 Å². The van der Waals surface area contributed by atoms with Crippen molar-refractivity contribution in [2.24, 2.45) is 11.7 Å². The Hall–Kier alpha value is -1.84. The number of ether oxygens (including phenoxy) is 1. The molecule has 2 N–H and O–H groups in total. The molecule has 2 aromatic rings. The monoisotopic (exact) mass is 296 g/mol. The molecule has 22 heavy (non-hydrogen) atoms. The van der Waals surface area contributed by atoms with Crippen LogP contribution in [0.2, 0.25) is 0 Å². The van der Waals surface area contributed by atoms with Gasteiger partial charge in [-0.15, -0.1) is 0 Å². The molecule has 0 radical (unpaired) electrons. The largest absolute Gasteiger partial charge is 0.496 e. The fourth-order valence-corrected chi connectivity index (χ4v) is 3.16. The summed E-state index contributed by atoms with van der Waals surface area (Å²) in [6, 6.07) is 17.2. The predicted molar refractivity (Wildman–Crippen MR) is 90.8 cm³/mol. The third-order valence-corrected chi connectivity index (χ3v) is 4.52. The maximum absolute atomic E-state index is 6.10. The van der Waals surface area contributed by atoms with Gasteiger partial charge in [-0.1, -0.05) is 49.4 Å². The topological polar surface area (TPSA) is 38.5 Å². The predicted octanol–water partition coefficient (Wildman–Crippen LogP) is 3.14. The van der Waals surface area contributed by atoms with E-state index in [2.05, 4.69) is 42.2 Å². The average molecular weight is 296 g/mol. The number of nitrogens with two attached hydrogens (primary N) is 1. The van der Waals surface area contributed by atoms with E-state index in [9.17, 15) is 0 Å². The lowest BCUT2D eigenvalue weighted by Crippen LogP contribution is -2.28. The van der Waals surface area contributed by atoms with Crippen LogP contribution in [0, 0.1) is 5.92 Å². The van der Waals surface area contributed by atoms with Gasteiger partial charge in [-0.05, 0) is 23.1 Å². The van der Waals surface area contributed by atoms with E-state index < -0.39 is 0 Å². The van der Waals surface area contributed by atoms with Gasteiger partial charge >= 0.3 is 0 Å². The first kappa shape index (κ1) is 15.1. The van der Waals surface area contributed by atoms with Crippen molar-refractivity contribution in [3.8, 4) is 16.9 Å². The smallest absolute Gasteiger partial charge is 0.126 e. The Morgan fingerprint density at radius 3 is 2.45 bits per heavy atom. The van der Waals surface area contributed by atoms with E-state index in [0.29, 0.717) is 12.0 Å². The summed E-state index contributed by atoms with van der Waals surface area (Å²) in [5.41, 5.74) is 9.75. The van der Waals surface area contributed by atoms with Crippen LogP contribution in [-0.2, 0) is 6.54 Å². The molecule has 0 saturated carbocycles. The Balaban J connectivity index is 1.73. The first-order valence-electron chi connectivity index (χ1n) is 7.87. The lowest BCUT2D eigenvalue weighted by atomic mass is 10.0. The number of para-hydroxylation sites is 1. The first-order valence-corrected chi connectivity index (χ1v) is 7.87. The van der Waals surface area contributed by atoms with Crippen LogP contribution < -0.4 is 10.5 Å². The maximum atomic E-state index is 6.10. The SMILES string of the molecule is COc1ccccc1-c1ccc(CN2CC(C)C(N)C2)cc1. The van der Waals surface area contributed by atoms with Gasteiger partial charge in [0.2, 0.25) is 0 Å². The van der Waals surface area contributed by atoms with Crippen molar-refractivity contribution < 1.29 is 4.74 Å². The maximum Gasteiger partial charge on any atom is 0.126 e. The van der Waals surface area contributed by atoms with E-state index in [1.165, 1.54) is 11.1 Å². The van der Waals surface area contributed by atoms with Gasteiger partial charge < -0.3 is 10.5 Å². The molecule has 1 fully saturated rings. The molecule has 1 heterocycles. The fraction of sp³-hybridized carbons (Fsp3) is 0.368. The van der Waals surface area contributed by atoms with Crippen molar-refractivity contribution in [2.45, 2.75) is 19.5 Å². The van der Waals surface area contributed by atoms with Gasteiger partial charge in [0.15, 0.2) is 0 Å². The molecule has 2 atom stereocenters. The van der Waals surface area contributed by atoms with Crippen LogP contribution >= 0.6 is 0 Å². The van der Waals surface area contributed by atoms with Crippen LogP contribution in [-0.4, -0.2) is 31.1 Å². The van der Waals surface area contributed by atoms with E-state index in [1.807, 2.05) is 18.2 Å². The number of rotatable bonds is 4. The van der Waals surface area contributed by atoms with Gasteiger partial charge in [0.1, 0.15) is 5.75 Å². The standard InChI is InChI=1S/C19H24N2O/c1-14-11-21(13-18(14)20)12-15-7-9-16(10-8-15)17-5-3-4-6-19(17)22-2/h3-10,14,18H,11-13,20H2,1-2H3. The van der Waals surface area contributed by atoms with E-state index in [-0.39, 0.29) is 0 Å². The van der Waals surface area contributed by atoms with E-state index in [4.69, 9.17) is 10.5 Å². The Kier molecular flexibility index (Phi) is 4.46. The van der Waals surface area contributed by atoms with Crippen LogP contribution in [0.3, 0.4) is 0 Å². The molecule has 3 heteroatoms. The van der Waals surface area contributed by atoms with E-state index in [0.717, 1.165) is 30.9 Å². The third-order valence-electron chi connectivity index (χ3n) is 4.52. The summed E-state index contributed by atoms with van der Waals surface area (Å²) >= 11 is 0. The summed E-state index contributed by atoms with van der Waals surface area (Å²) in [6.07, 6.45) is 0. The van der Waals surface area contributed by atoms with Crippen molar-refractivity contribution in [1.82, 2.24) is 4.90 Å². The summed E-state index contributed by atoms with van der Waals surface area (Å²) in [6.45, 7) is 5.30. The number of methoxy groups -OCH3 is 1. The molecule has 2 unspecified atom stereocenters. The highest BCUT2D eigenvalue weighted by Gasteiger charge is 2.26. The molecule has 3 nitrogen and oxygen atoms in total. The summed E-state index contributed by atoms with van der Waals surface area (Å²) in [7, 11) is 1.71. The molecule has 3 rings (SSSR count). The lowest BCUT2D eigenvalue weighted by Gasteiger charge is -2.16. The summed E-state index contributed by atoms with van der Waals surface area (Å²) in [5, 5.41) is 0. The Morgan fingerprint density at radius 1 is 1.09 bits per heavy atom. The number of likely N-dealkylation sites (tertiary alicyclic amines) is 1. The minimum absolute atomic E-state index is 0.313. The second kappa shape index (κ2) is 6.51. The lowest BCUT2D eigenvalue weighted by molar-refractivity contribution is 0.319. The molecule has 1 aliphatic rings. The van der Waals surface area contributed by atoms with Gasteiger partial charge in [0.05, 0.1) is 7.11 Å². The quantitative estimate of drug-likeness (QED) is 0.942. The molecule has 1 saturated heterocycles. The van der Waals surface area contributed by atoms with Crippen molar-refractivity contribution >= 4 is 0 Å². The molecular formula is C19H24N2O. The number of nitrogens with zero attached hydrogens (tertiary/aromatic N) is 1. The minimum Gasteiger partial charge on any atom is -0.496 e. The van der Waals surface area contributed by atoms with Crippen LogP contribution in [0.4, 0.5) is 0 Å². The average Bonchev–Trinajstić information content (AvgIpc) is 2.86. The molecule has 0 aromatic heterocycles. The van der Waals surface area contributed by atoms with Gasteiger partial charge in [0, 0.05) is 31.2 Å². The number of hydrogen-bond donors (Lipinski definition) is 1. The zero-order valence-electron chi connectivity index (χ0n) is 13.3. The molecular weight excluding hydrogens is 272 g/mol.